The van der Waals surface area contributed by atoms with Gasteiger partial charge in [-0.2, -0.15) is 4.98 Å². The minimum Gasteiger partial charge on any atom is -0.352 e. The van der Waals surface area contributed by atoms with Crippen LogP contribution in [0.2, 0.25) is 10.4 Å². The van der Waals surface area contributed by atoms with E-state index in [9.17, 15) is 4.79 Å². The van der Waals surface area contributed by atoms with E-state index in [1.807, 2.05) is 13.8 Å². The highest BCUT2D eigenvalue weighted by Gasteiger charge is 2.14. The zero-order valence-electron chi connectivity index (χ0n) is 9.74. The van der Waals surface area contributed by atoms with E-state index in [-0.39, 0.29) is 28.9 Å². The number of anilines is 1. The topological polar surface area (TPSA) is 71.0 Å². The smallest absolute Gasteiger partial charge is 0.245 e. The first kappa shape index (κ1) is 13.9. The van der Waals surface area contributed by atoms with Crippen molar-refractivity contribution in [3.05, 3.63) is 10.4 Å². The standard InChI is InChI=1S/C9H13Cl2N5O/c1-5(2)12-6(17)4-16(3)8-7(10)14-15-9(11)13-8/h5H,4H2,1-3H3,(H,12,17). The second-order valence-corrected chi connectivity index (χ2v) is 4.47. The van der Waals surface area contributed by atoms with E-state index >= 15 is 0 Å². The van der Waals surface area contributed by atoms with Crippen molar-refractivity contribution < 1.29 is 4.79 Å². The Morgan fingerprint density at radius 3 is 2.65 bits per heavy atom. The molecule has 0 saturated carbocycles. The van der Waals surface area contributed by atoms with Crippen molar-refractivity contribution in [3.8, 4) is 0 Å². The Balaban J connectivity index is 2.72. The van der Waals surface area contributed by atoms with Gasteiger partial charge in [0.15, 0.2) is 11.0 Å². The third-order valence-electron chi connectivity index (χ3n) is 1.80. The van der Waals surface area contributed by atoms with Crippen LogP contribution in [0.25, 0.3) is 0 Å². The van der Waals surface area contributed by atoms with Crippen LogP contribution in [0.1, 0.15) is 13.8 Å². The minimum atomic E-state index is -0.131. The molecule has 0 spiro atoms. The van der Waals surface area contributed by atoms with E-state index in [4.69, 9.17) is 23.2 Å². The van der Waals surface area contributed by atoms with Gasteiger partial charge in [0.2, 0.25) is 11.2 Å². The number of hydrogen-bond donors (Lipinski definition) is 1. The van der Waals surface area contributed by atoms with Gasteiger partial charge in [0.1, 0.15) is 0 Å². The van der Waals surface area contributed by atoms with Gasteiger partial charge in [0.25, 0.3) is 0 Å². The molecule has 0 fully saturated rings. The summed E-state index contributed by atoms with van der Waals surface area (Å²) in [7, 11) is 1.67. The molecule has 94 valence electrons. The lowest BCUT2D eigenvalue weighted by molar-refractivity contribution is -0.120. The van der Waals surface area contributed by atoms with Crippen LogP contribution in [-0.2, 0) is 4.79 Å². The fourth-order valence-electron chi connectivity index (χ4n) is 1.19. The van der Waals surface area contributed by atoms with E-state index in [2.05, 4.69) is 20.5 Å². The molecule has 0 aliphatic rings. The molecule has 0 aliphatic heterocycles. The Bertz CT molecular complexity index is 412. The van der Waals surface area contributed by atoms with E-state index in [0.717, 1.165) is 0 Å². The van der Waals surface area contributed by atoms with Crippen LogP contribution in [0.3, 0.4) is 0 Å². The highest BCUT2D eigenvalue weighted by atomic mass is 35.5. The van der Waals surface area contributed by atoms with Crippen molar-refractivity contribution in [3.63, 3.8) is 0 Å². The summed E-state index contributed by atoms with van der Waals surface area (Å²) >= 11 is 11.4. The second-order valence-electron chi connectivity index (χ2n) is 3.77. The third-order valence-corrected chi connectivity index (χ3v) is 2.20. The maximum absolute atomic E-state index is 11.5. The van der Waals surface area contributed by atoms with Gasteiger partial charge in [-0.3, -0.25) is 4.79 Å². The Kier molecular flexibility index (Phi) is 4.89. The van der Waals surface area contributed by atoms with Gasteiger partial charge in [-0.05, 0) is 25.4 Å². The molecule has 6 nitrogen and oxygen atoms in total. The number of rotatable bonds is 4. The summed E-state index contributed by atoms with van der Waals surface area (Å²) in [5.41, 5.74) is 0. The van der Waals surface area contributed by atoms with Crippen LogP contribution in [0.4, 0.5) is 5.82 Å². The van der Waals surface area contributed by atoms with Crippen molar-refractivity contribution in [2.75, 3.05) is 18.5 Å². The van der Waals surface area contributed by atoms with Crippen LogP contribution in [0, 0.1) is 0 Å². The molecule has 0 aromatic carbocycles. The monoisotopic (exact) mass is 277 g/mol. The molecular weight excluding hydrogens is 265 g/mol. The van der Waals surface area contributed by atoms with E-state index in [1.165, 1.54) is 0 Å². The SMILES string of the molecule is CC(C)NC(=O)CN(C)c1nc(Cl)nnc1Cl. The van der Waals surface area contributed by atoms with Gasteiger partial charge >= 0.3 is 0 Å². The number of nitrogens with one attached hydrogen (secondary N) is 1. The van der Waals surface area contributed by atoms with Gasteiger partial charge in [0, 0.05) is 13.1 Å². The van der Waals surface area contributed by atoms with E-state index < -0.39 is 0 Å². The lowest BCUT2D eigenvalue weighted by atomic mass is 10.4. The van der Waals surface area contributed by atoms with Crippen LogP contribution < -0.4 is 10.2 Å². The van der Waals surface area contributed by atoms with Crippen molar-refractivity contribution >= 4 is 34.9 Å². The van der Waals surface area contributed by atoms with E-state index in [0.29, 0.717) is 5.82 Å². The summed E-state index contributed by atoms with van der Waals surface area (Å²) in [6, 6.07) is 0.0819. The first-order valence-electron chi connectivity index (χ1n) is 4.96. The fraction of sp³-hybridized carbons (Fsp3) is 0.556. The van der Waals surface area contributed by atoms with Gasteiger partial charge in [0.05, 0.1) is 6.54 Å². The summed E-state index contributed by atoms with van der Waals surface area (Å²) in [6.07, 6.45) is 0. The molecule has 0 saturated heterocycles. The minimum absolute atomic E-state index is 0.0134. The van der Waals surface area contributed by atoms with Gasteiger partial charge < -0.3 is 10.2 Å². The van der Waals surface area contributed by atoms with Gasteiger partial charge in [-0.1, -0.05) is 11.6 Å². The normalized spacial score (nSPS) is 10.5. The molecule has 1 aromatic heterocycles. The average molecular weight is 278 g/mol. The predicted molar refractivity (Wildman–Crippen MR) is 66.4 cm³/mol. The van der Waals surface area contributed by atoms with Crippen LogP contribution >= 0.6 is 23.2 Å². The number of amides is 1. The molecule has 0 unspecified atom stereocenters. The first-order chi connectivity index (χ1) is 7.90. The Labute approximate surface area is 109 Å². The number of likely N-dealkylation sites (N-methyl/N-ethyl adjacent to an activating group) is 1. The fourth-order valence-corrected chi connectivity index (χ4v) is 1.53. The summed E-state index contributed by atoms with van der Waals surface area (Å²) in [5, 5.41) is 9.96. The number of carbonyl (C=O) groups excluding carboxylic acids is 1. The number of halogens is 2. The van der Waals surface area contributed by atoms with E-state index in [1.54, 1.807) is 11.9 Å². The highest BCUT2D eigenvalue weighted by Crippen LogP contribution is 2.19. The summed E-state index contributed by atoms with van der Waals surface area (Å²) in [4.78, 5) is 17.0. The van der Waals surface area contributed by atoms with Gasteiger partial charge in [-0.15, -0.1) is 10.2 Å². The maximum atomic E-state index is 11.5. The largest absolute Gasteiger partial charge is 0.352 e. The number of aromatic nitrogens is 3. The van der Waals surface area contributed by atoms with Crippen LogP contribution in [0.15, 0.2) is 0 Å². The Morgan fingerprint density at radius 2 is 2.06 bits per heavy atom. The molecule has 0 aliphatic carbocycles. The maximum Gasteiger partial charge on any atom is 0.245 e. The molecule has 17 heavy (non-hydrogen) atoms. The molecule has 0 bridgehead atoms. The van der Waals surface area contributed by atoms with Crippen molar-refractivity contribution in [1.82, 2.24) is 20.5 Å². The summed E-state index contributed by atoms with van der Waals surface area (Å²) < 4.78 is 0. The summed E-state index contributed by atoms with van der Waals surface area (Å²) in [5.74, 6) is 0.193. The molecular formula is C9H13Cl2N5O. The zero-order chi connectivity index (χ0) is 13.0. The molecule has 1 heterocycles. The zero-order valence-corrected chi connectivity index (χ0v) is 11.2. The Hall–Kier alpha value is -1.14. The van der Waals surface area contributed by atoms with Crippen molar-refractivity contribution in [2.24, 2.45) is 0 Å². The average Bonchev–Trinajstić information content (AvgIpc) is 2.20. The molecule has 8 heteroatoms. The number of hydrogen-bond acceptors (Lipinski definition) is 5. The molecule has 1 rings (SSSR count). The van der Waals surface area contributed by atoms with Crippen molar-refractivity contribution in [1.29, 1.82) is 0 Å². The number of nitrogens with zero attached hydrogens (tertiary/aromatic N) is 4. The van der Waals surface area contributed by atoms with Crippen LogP contribution in [-0.4, -0.2) is 40.7 Å². The molecule has 0 radical (unpaired) electrons. The molecule has 1 aromatic rings. The first-order valence-corrected chi connectivity index (χ1v) is 5.72. The lowest BCUT2D eigenvalue weighted by Crippen LogP contribution is -2.39. The molecule has 0 atom stereocenters. The molecule has 1 amide bonds. The van der Waals surface area contributed by atoms with Gasteiger partial charge in [-0.25, -0.2) is 0 Å². The third kappa shape index (κ3) is 4.32. The predicted octanol–water partition coefficient (Wildman–Crippen LogP) is 1.14. The summed E-state index contributed by atoms with van der Waals surface area (Å²) in [6.45, 7) is 3.88. The number of carbonyl (C=O) groups is 1. The quantitative estimate of drug-likeness (QED) is 0.894. The second kappa shape index (κ2) is 5.97. The highest BCUT2D eigenvalue weighted by molar-refractivity contribution is 6.32. The van der Waals surface area contributed by atoms with Crippen molar-refractivity contribution in [2.45, 2.75) is 19.9 Å². The van der Waals surface area contributed by atoms with Crippen LogP contribution in [0.5, 0.6) is 0 Å². The Morgan fingerprint density at radius 1 is 1.41 bits per heavy atom. The molecule has 1 N–H and O–H groups in total. The lowest BCUT2D eigenvalue weighted by Gasteiger charge is -2.18.